The number of nitrogens with one attached hydrogen (secondary N) is 1. The van der Waals surface area contributed by atoms with E-state index in [9.17, 15) is 21.6 Å². The molecule has 0 radical (unpaired) electrons. The zero-order chi connectivity index (χ0) is 21.2. The number of aromatic nitrogens is 1. The summed E-state index contributed by atoms with van der Waals surface area (Å²) < 4.78 is 63.6. The highest BCUT2D eigenvalue weighted by molar-refractivity contribution is 7.85. The Balaban J connectivity index is 0.000000219. The molecule has 3 N–H and O–H groups in total. The highest BCUT2D eigenvalue weighted by Gasteiger charge is 2.38. The maximum atomic E-state index is 12.0. The predicted octanol–water partition coefficient (Wildman–Crippen LogP) is 4.94. The monoisotopic (exact) mass is 436 g/mol. The second-order valence-corrected chi connectivity index (χ2v) is 7.79. The smallest absolute Gasteiger partial charge is 0.410 e. The van der Waals surface area contributed by atoms with Crippen molar-refractivity contribution in [2.24, 2.45) is 5.16 Å². The van der Waals surface area contributed by atoms with E-state index >= 15 is 0 Å². The zero-order valence-corrected chi connectivity index (χ0v) is 16.4. The molecule has 2 heterocycles. The van der Waals surface area contributed by atoms with Crippen LogP contribution in [0.2, 0.25) is 0 Å². The third-order valence-electron chi connectivity index (χ3n) is 3.05. The van der Waals surface area contributed by atoms with Crippen LogP contribution in [0.5, 0.6) is 0 Å². The zero-order valence-electron chi connectivity index (χ0n) is 14.7. The fraction of sp³-hybridized carbons (Fsp3) is 0.235. The molecule has 0 saturated carbocycles. The minimum atomic E-state index is -4.60. The Morgan fingerprint density at radius 2 is 1.86 bits per heavy atom. The summed E-state index contributed by atoms with van der Waals surface area (Å²) in [6.45, 7) is 1.69. The Labute approximate surface area is 164 Å². The van der Waals surface area contributed by atoms with Crippen molar-refractivity contribution in [3.63, 3.8) is 0 Å². The van der Waals surface area contributed by atoms with Gasteiger partial charge in [0.15, 0.2) is 0 Å². The van der Waals surface area contributed by atoms with Crippen LogP contribution >= 0.6 is 11.3 Å². The molecule has 0 amide bonds. The molecule has 3 aromatic rings. The van der Waals surface area contributed by atoms with Gasteiger partial charge in [-0.05, 0) is 35.4 Å². The van der Waals surface area contributed by atoms with Crippen LogP contribution in [-0.2, 0) is 10.1 Å². The predicted molar refractivity (Wildman–Crippen MR) is 104 cm³/mol. The number of fused-ring (bicyclic) bond motifs is 1. The van der Waals surface area contributed by atoms with Crippen LogP contribution in [0.3, 0.4) is 0 Å². The number of H-pyrrole nitrogens is 1. The van der Waals surface area contributed by atoms with Crippen molar-refractivity contribution in [3.8, 4) is 0 Å². The van der Waals surface area contributed by atoms with Gasteiger partial charge in [0.2, 0.25) is 5.71 Å². The first-order valence-corrected chi connectivity index (χ1v) is 10.4. The largest absolute Gasteiger partial charge is 0.438 e. The van der Waals surface area contributed by atoms with Gasteiger partial charge in [-0.25, -0.2) is 0 Å². The number of hydrogen-bond donors (Lipinski definition) is 3. The summed E-state index contributed by atoms with van der Waals surface area (Å²) in [4.78, 5) is 3.03. The van der Waals surface area contributed by atoms with Gasteiger partial charge in [0.1, 0.15) is 0 Å². The first-order valence-electron chi connectivity index (χ1n) is 7.89. The van der Waals surface area contributed by atoms with Crippen molar-refractivity contribution in [2.45, 2.75) is 19.5 Å². The van der Waals surface area contributed by atoms with Gasteiger partial charge >= 0.3 is 6.18 Å². The highest BCUT2D eigenvalue weighted by Crippen LogP contribution is 2.24. The van der Waals surface area contributed by atoms with Crippen molar-refractivity contribution in [1.82, 2.24) is 4.98 Å². The molecule has 0 aliphatic carbocycles. The molecule has 2 aromatic heterocycles. The van der Waals surface area contributed by atoms with E-state index in [0.29, 0.717) is 6.42 Å². The average molecular weight is 436 g/mol. The normalized spacial score (nSPS) is 12.0. The average Bonchev–Trinajstić information content (AvgIpc) is 3.25. The Morgan fingerprint density at radius 1 is 1.18 bits per heavy atom. The number of oxime groups is 1. The van der Waals surface area contributed by atoms with Gasteiger partial charge in [-0.3, -0.25) is 4.55 Å². The second-order valence-electron chi connectivity index (χ2n) is 5.27. The molecular weight excluding hydrogens is 417 g/mol. The van der Waals surface area contributed by atoms with E-state index in [0.717, 1.165) is 11.3 Å². The lowest BCUT2D eigenvalue weighted by Crippen LogP contribution is -2.22. The molecule has 0 aliphatic heterocycles. The molecule has 154 valence electrons. The molecule has 1 aromatic carbocycles. The lowest BCUT2D eigenvalue weighted by atomic mass is 10.3. The Morgan fingerprint density at radius 3 is 2.29 bits per heavy atom. The first kappa shape index (κ1) is 23.7. The summed E-state index contributed by atoms with van der Waals surface area (Å²) in [5.41, 5.74) is -0.0463. The first-order chi connectivity index (χ1) is 13.1. The van der Waals surface area contributed by atoms with E-state index in [2.05, 4.69) is 28.3 Å². The van der Waals surface area contributed by atoms with Crippen molar-refractivity contribution >= 4 is 38.1 Å². The standard InChI is InChI=1S/C8H7N.C6H4F3NOS.C3H8O3S/c1-2-4-8-7(3-1)5-6-9-8;7-6(8,9)5(10-11)4-2-1-3-12-4;1-2-3-7(4,5)6/h1-6,9H;1-3,11H;2-3H2,1H3,(H,4,5,6). The van der Waals surface area contributed by atoms with Crippen molar-refractivity contribution in [2.75, 3.05) is 5.75 Å². The molecule has 0 spiro atoms. The summed E-state index contributed by atoms with van der Waals surface area (Å²) in [5.74, 6) is -0.132. The summed E-state index contributed by atoms with van der Waals surface area (Å²) in [6.07, 6.45) is -2.18. The van der Waals surface area contributed by atoms with Crippen LogP contribution in [-0.4, -0.2) is 40.8 Å². The molecule has 11 heteroatoms. The SMILES string of the molecule is CCCS(=O)(=O)O.ON=C(c1cccs1)C(F)(F)F.c1ccc2[nH]ccc2c1. The Kier molecular flexibility index (Phi) is 9.16. The quantitative estimate of drug-likeness (QED) is 0.234. The molecule has 0 atom stereocenters. The molecule has 0 saturated heterocycles. The van der Waals surface area contributed by atoms with E-state index in [4.69, 9.17) is 9.76 Å². The number of thiophene rings is 1. The van der Waals surface area contributed by atoms with E-state index in [1.54, 1.807) is 6.92 Å². The fourth-order valence-electron chi connectivity index (χ4n) is 1.91. The van der Waals surface area contributed by atoms with Gasteiger partial charge in [-0.1, -0.05) is 36.3 Å². The van der Waals surface area contributed by atoms with E-state index in [1.165, 1.54) is 28.4 Å². The number of alkyl halides is 3. The lowest BCUT2D eigenvalue weighted by molar-refractivity contribution is -0.0599. The molecule has 0 fully saturated rings. The molecule has 0 unspecified atom stereocenters. The van der Waals surface area contributed by atoms with Crippen molar-refractivity contribution in [1.29, 1.82) is 0 Å². The Hall–Kier alpha value is -2.37. The van der Waals surface area contributed by atoms with Gasteiger partial charge < -0.3 is 10.2 Å². The molecule has 6 nitrogen and oxygen atoms in total. The number of benzene rings is 1. The van der Waals surface area contributed by atoms with Crippen LogP contribution in [0.15, 0.2) is 59.2 Å². The number of rotatable bonds is 3. The number of para-hydroxylation sites is 1. The van der Waals surface area contributed by atoms with Gasteiger partial charge in [0.25, 0.3) is 10.1 Å². The third-order valence-corrected chi connectivity index (χ3v) is 4.85. The minimum absolute atomic E-state index is 0.0926. The van der Waals surface area contributed by atoms with Crippen LogP contribution in [0.4, 0.5) is 13.2 Å². The maximum Gasteiger partial charge on any atom is 0.438 e. The summed E-state index contributed by atoms with van der Waals surface area (Å²) in [5, 5.41) is 13.1. The number of halogens is 3. The topological polar surface area (TPSA) is 103 Å². The van der Waals surface area contributed by atoms with Gasteiger partial charge in [-0.15, -0.1) is 11.3 Å². The molecule has 3 rings (SSSR count). The maximum absolute atomic E-state index is 12.0. The van der Waals surface area contributed by atoms with Crippen LogP contribution < -0.4 is 0 Å². The van der Waals surface area contributed by atoms with Crippen LogP contribution in [0.1, 0.15) is 18.2 Å². The van der Waals surface area contributed by atoms with E-state index in [1.807, 2.05) is 18.3 Å². The highest BCUT2D eigenvalue weighted by atomic mass is 32.2. The number of aromatic amines is 1. The molecular formula is C17H19F3N2O4S2. The Bertz CT molecular complexity index is 936. The number of nitrogens with zero attached hydrogens (tertiary/aromatic N) is 1. The summed E-state index contributed by atoms with van der Waals surface area (Å²) in [7, 11) is -3.67. The summed E-state index contributed by atoms with van der Waals surface area (Å²) in [6, 6.07) is 13.0. The van der Waals surface area contributed by atoms with Crippen molar-refractivity contribution in [3.05, 3.63) is 58.9 Å². The number of hydrogen-bond acceptors (Lipinski definition) is 5. The fourth-order valence-corrected chi connectivity index (χ4v) is 3.16. The van der Waals surface area contributed by atoms with E-state index < -0.39 is 22.0 Å². The van der Waals surface area contributed by atoms with Crippen molar-refractivity contribution < 1.29 is 31.3 Å². The minimum Gasteiger partial charge on any atom is -0.410 e. The molecule has 0 aliphatic rings. The van der Waals surface area contributed by atoms with Crippen LogP contribution in [0.25, 0.3) is 10.9 Å². The molecule has 0 bridgehead atoms. The van der Waals surface area contributed by atoms with E-state index in [-0.39, 0.29) is 10.6 Å². The van der Waals surface area contributed by atoms with Gasteiger partial charge in [0, 0.05) is 11.7 Å². The summed E-state index contributed by atoms with van der Waals surface area (Å²) >= 11 is 0.872. The third kappa shape index (κ3) is 8.55. The van der Waals surface area contributed by atoms with Crippen LogP contribution in [0, 0.1) is 0 Å². The van der Waals surface area contributed by atoms with Gasteiger partial charge in [-0.2, -0.15) is 21.6 Å². The van der Waals surface area contributed by atoms with Gasteiger partial charge in [0.05, 0.1) is 10.6 Å². The molecule has 28 heavy (non-hydrogen) atoms. The lowest BCUT2D eigenvalue weighted by Gasteiger charge is -2.04. The second kappa shape index (κ2) is 10.8.